The predicted molar refractivity (Wildman–Crippen MR) is 72.8 cm³/mol. The van der Waals surface area contributed by atoms with Crippen LogP contribution in [0.1, 0.15) is 42.2 Å². The molecule has 1 aromatic rings. The molecule has 0 radical (unpaired) electrons. The van der Waals surface area contributed by atoms with E-state index in [4.69, 9.17) is 10.8 Å². The van der Waals surface area contributed by atoms with Crippen LogP contribution in [-0.2, 0) is 0 Å². The molecule has 0 spiro atoms. The number of nitrogen functional groups attached to an aromatic ring is 1. The average molecular weight is 263 g/mol. The third kappa shape index (κ3) is 2.47. The molecule has 19 heavy (non-hydrogen) atoms. The van der Waals surface area contributed by atoms with Gasteiger partial charge in [-0.3, -0.25) is 4.79 Å². The smallest absolute Gasteiger partial charge is 0.270 e. The normalized spacial score (nSPS) is 23.0. The summed E-state index contributed by atoms with van der Waals surface area (Å²) in [5.41, 5.74) is 7.23. The zero-order valence-electron chi connectivity index (χ0n) is 11.1. The number of anilines is 1. The SMILES string of the molecule is Nc1cc(C(=O)N2CCC(CCO)C2)n(C2CC2)c1. The van der Waals surface area contributed by atoms with Gasteiger partial charge in [0.1, 0.15) is 5.69 Å². The Morgan fingerprint density at radius 3 is 2.89 bits per heavy atom. The molecule has 1 aliphatic heterocycles. The van der Waals surface area contributed by atoms with Gasteiger partial charge in [0.15, 0.2) is 0 Å². The second-order valence-electron chi connectivity index (χ2n) is 5.72. The van der Waals surface area contributed by atoms with Crippen LogP contribution in [-0.4, -0.2) is 40.2 Å². The molecule has 1 atom stereocenters. The zero-order chi connectivity index (χ0) is 13.4. The lowest BCUT2D eigenvalue weighted by atomic mass is 10.1. The number of aliphatic hydroxyl groups excluding tert-OH is 1. The Balaban J connectivity index is 1.73. The zero-order valence-corrected chi connectivity index (χ0v) is 11.1. The van der Waals surface area contributed by atoms with Crippen molar-refractivity contribution in [2.45, 2.75) is 31.7 Å². The highest BCUT2D eigenvalue weighted by molar-refractivity contribution is 5.94. The van der Waals surface area contributed by atoms with Crippen LogP contribution in [0.4, 0.5) is 5.69 Å². The first kappa shape index (κ1) is 12.5. The first-order chi connectivity index (χ1) is 9.19. The van der Waals surface area contributed by atoms with Crippen LogP contribution in [0.15, 0.2) is 12.3 Å². The van der Waals surface area contributed by atoms with Gasteiger partial charge in [0.05, 0.1) is 5.69 Å². The third-order valence-corrected chi connectivity index (χ3v) is 4.14. The lowest BCUT2D eigenvalue weighted by molar-refractivity contribution is 0.0774. The van der Waals surface area contributed by atoms with Crippen molar-refractivity contribution in [3.05, 3.63) is 18.0 Å². The number of carbonyl (C=O) groups is 1. The van der Waals surface area contributed by atoms with Gasteiger partial charge in [-0.1, -0.05) is 0 Å². The average Bonchev–Trinajstić information content (AvgIpc) is 3.01. The van der Waals surface area contributed by atoms with E-state index in [1.807, 2.05) is 15.7 Å². The molecule has 2 fully saturated rings. The minimum Gasteiger partial charge on any atom is -0.397 e. The van der Waals surface area contributed by atoms with Gasteiger partial charge >= 0.3 is 0 Å². The Hall–Kier alpha value is -1.49. The van der Waals surface area contributed by atoms with Gasteiger partial charge in [-0.2, -0.15) is 0 Å². The van der Waals surface area contributed by atoms with Crippen molar-refractivity contribution in [2.24, 2.45) is 5.92 Å². The number of amides is 1. The standard InChI is InChI=1S/C14H21N3O2/c15-11-7-13(17(9-11)12-1-2-12)14(19)16-5-3-10(8-16)4-6-18/h7,9-10,12,18H,1-6,8,15H2. The monoisotopic (exact) mass is 263 g/mol. The van der Waals surface area contributed by atoms with Crippen LogP contribution >= 0.6 is 0 Å². The Kier molecular flexibility index (Phi) is 3.22. The molecule has 0 aromatic carbocycles. The van der Waals surface area contributed by atoms with E-state index in [2.05, 4.69) is 0 Å². The van der Waals surface area contributed by atoms with Crippen LogP contribution < -0.4 is 5.73 Å². The van der Waals surface area contributed by atoms with E-state index < -0.39 is 0 Å². The second kappa shape index (κ2) is 4.89. The summed E-state index contributed by atoms with van der Waals surface area (Å²) in [5, 5.41) is 8.97. The molecule has 1 aliphatic carbocycles. The fourth-order valence-corrected chi connectivity index (χ4v) is 2.92. The van der Waals surface area contributed by atoms with Gasteiger partial charge in [-0.15, -0.1) is 0 Å². The molecule has 1 saturated carbocycles. The van der Waals surface area contributed by atoms with Gasteiger partial charge in [-0.25, -0.2) is 0 Å². The molecule has 2 heterocycles. The number of rotatable bonds is 4. The number of nitrogens with zero attached hydrogens (tertiary/aromatic N) is 2. The third-order valence-electron chi connectivity index (χ3n) is 4.14. The van der Waals surface area contributed by atoms with E-state index in [1.54, 1.807) is 6.07 Å². The van der Waals surface area contributed by atoms with Crippen molar-refractivity contribution in [1.29, 1.82) is 0 Å². The molecular weight excluding hydrogens is 242 g/mol. The Bertz CT molecular complexity index is 479. The topological polar surface area (TPSA) is 71.5 Å². The number of likely N-dealkylation sites (tertiary alicyclic amines) is 1. The van der Waals surface area contributed by atoms with Crippen molar-refractivity contribution in [3.8, 4) is 0 Å². The predicted octanol–water partition coefficient (Wildman–Crippen LogP) is 1.25. The van der Waals surface area contributed by atoms with Gasteiger partial charge in [0.25, 0.3) is 5.91 Å². The van der Waals surface area contributed by atoms with Crippen molar-refractivity contribution in [1.82, 2.24) is 9.47 Å². The van der Waals surface area contributed by atoms with Crippen molar-refractivity contribution in [2.75, 3.05) is 25.4 Å². The largest absolute Gasteiger partial charge is 0.397 e. The molecule has 3 rings (SSSR count). The molecule has 1 saturated heterocycles. The summed E-state index contributed by atoms with van der Waals surface area (Å²) in [6, 6.07) is 2.26. The van der Waals surface area contributed by atoms with E-state index in [1.165, 1.54) is 0 Å². The first-order valence-corrected chi connectivity index (χ1v) is 7.06. The van der Waals surface area contributed by atoms with Gasteiger partial charge in [0.2, 0.25) is 0 Å². The van der Waals surface area contributed by atoms with Crippen molar-refractivity contribution >= 4 is 11.6 Å². The number of hydrogen-bond acceptors (Lipinski definition) is 3. The number of aromatic nitrogens is 1. The molecule has 1 amide bonds. The van der Waals surface area contributed by atoms with Crippen LogP contribution in [0.3, 0.4) is 0 Å². The van der Waals surface area contributed by atoms with Gasteiger partial charge in [-0.05, 0) is 37.7 Å². The fraction of sp³-hybridized carbons (Fsp3) is 0.643. The Labute approximate surface area is 113 Å². The summed E-state index contributed by atoms with van der Waals surface area (Å²) in [4.78, 5) is 14.4. The van der Waals surface area contributed by atoms with E-state index in [0.29, 0.717) is 17.6 Å². The quantitative estimate of drug-likeness (QED) is 0.858. The lowest BCUT2D eigenvalue weighted by Gasteiger charge is -2.17. The molecule has 2 aliphatic rings. The highest BCUT2D eigenvalue weighted by Crippen LogP contribution is 2.37. The summed E-state index contributed by atoms with van der Waals surface area (Å²) in [6.07, 6.45) is 5.94. The Morgan fingerprint density at radius 2 is 2.21 bits per heavy atom. The number of hydrogen-bond donors (Lipinski definition) is 2. The highest BCUT2D eigenvalue weighted by atomic mass is 16.3. The number of carbonyl (C=O) groups excluding carboxylic acids is 1. The maximum absolute atomic E-state index is 12.6. The van der Waals surface area contributed by atoms with Crippen LogP contribution in [0.25, 0.3) is 0 Å². The van der Waals surface area contributed by atoms with E-state index >= 15 is 0 Å². The van der Waals surface area contributed by atoms with E-state index in [-0.39, 0.29) is 12.5 Å². The molecule has 0 bridgehead atoms. The molecule has 1 aromatic heterocycles. The van der Waals surface area contributed by atoms with E-state index in [9.17, 15) is 4.79 Å². The summed E-state index contributed by atoms with van der Waals surface area (Å²) in [5.74, 6) is 0.527. The molecular formula is C14H21N3O2. The summed E-state index contributed by atoms with van der Waals surface area (Å²) in [7, 11) is 0. The molecule has 1 unspecified atom stereocenters. The fourth-order valence-electron chi connectivity index (χ4n) is 2.92. The maximum Gasteiger partial charge on any atom is 0.270 e. The first-order valence-electron chi connectivity index (χ1n) is 7.06. The summed E-state index contributed by atoms with van der Waals surface area (Å²) < 4.78 is 2.04. The van der Waals surface area contributed by atoms with Gasteiger partial charge in [0, 0.05) is 31.9 Å². The molecule has 5 heteroatoms. The molecule has 5 nitrogen and oxygen atoms in total. The maximum atomic E-state index is 12.6. The number of nitrogens with two attached hydrogens (primary N) is 1. The van der Waals surface area contributed by atoms with Gasteiger partial charge < -0.3 is 20.3 Å². The van der Waals surface area contributed by atoms with E-state index in [0.717, 1.165) is 44.5 Å². The highest BCUT2D eigenvalue weighted by Gasteiger charge is 2.32. The summed E-state index contributed by atoms with van der Waals surface area (Å²) >= 11 is 0. The van der Waals surface area contributed by atoms with Crippen molar-refractivity contribution in [3.63, 3.8) is 0 Å². The van der Waals surface area contributed by atoms with Crippen LogP contribution in [0, 0.1) is 5.92 Å². The number of aliphatic hydroxyl groups is 1. The summed E-state index contributed by atoms with van der Waals surface area (Å²) in [6.45, 7) is 1.76. The minimum atomic E-state index is 0.0871. The molecule has 3 N–H and O–H groups in total. The van der Waals surface area contributed by atoms with Crippen LogP contribution in [0.5, 0.6) is 0 Å². The van der Waals surface area contributed by atoms with Crippen LogP contribution in [0.2, 0.25) is 0 Å². The minimum absolute atomic E-state index is 0.0871. The second-order valence-corrected chi connectivity index (χ2v) is 5.72. The lowest BCUT2D eigenvalue weighted by Crippen LogP contribution is -2.30. The Morgan fingerprint density at radius 1 is 1.42 bits per heavy atom. The van der Waals surface area contributed by atoms with Crippen molar-refractivity contribution < 1.29 is 9.90 Å². The molecule has 104 valence electrons.